The third-order valence-electron chi connectivity index (χ3n) is 4.75. The maximum atomic E-state index is 12.8. The van der Waals surface area contributed by atoms with Crippen molar-refractivity contribution in [3.8, 4) is 11.5 Å². The number of urea groups is 1. The van der Waals surface area contributed by atoms with Gasteiger partial charge < -0.3 is 25.2 Å². The van der Waals surface area contributed by atoms with Crippen LogP contribution in [0.5, 0.6) is 11.5 Å². The lowest BCUT2D eigenvalue weighted by molar-refractivity contribution is -0.137. The Bertz CT molecular complexity index is 929. The number of carboxylic acid groups (broad SMARTS) is 1. The average Bonchev–Trinajstić information content (AvgIpc) is 3.24. The van der Waals surface area contributed by atoms with Crippen molar-refractivity contribution in [2.24, 2.45) is 0 Å². The van der Waals surface area contributed by atoms with Crippen molar-refractivity contribution in [2.75, 3.05) is 24.6 Å². The first-order valence-electron chi connectivity index (χ1n) is 10.00. The number of benzene rings is 2. The molecule has 0 saturated heterocycles. The van der Waals surface area contributed by atoms with Crippen LogP contribution in [0.3, 0.4) is 0 Å². The molecule has 2 atom stereocenters. The Hall–Kier alpha value is -2.23. The molecule has 3 rings (SSSR count). The molecule has 1 aliphatic heterocycles. The van der Waals surface area contributed by atoms with Gasteiger partial charge in [-0.25, -0.2) is 4.79 Å². The highest BCUT2D eigenvalue weighted by molar-refractivity contribution is 7.99. The molecule has 0 radical (unpaired) electrons. The number of carbonyl (C=O) groups excluding carboxylic acids is 1. The Morgan fingerprint density at radius 1 is 1.12 bits per heavy atom. The third-order valence-corrected chi connectivity index (χ3v) is 6.82. The van der Waals surface area contributed by atoms with Gasteiger partial charge >= 0.3 is 12.0 Å². The number of halogens is 1. The van der Waals surface area contributed by atoms with Crippen molar-refractivity contribution >= 4 is 47.1 Å². The Morgan fingerprint density at radius 3 is 2.59 bits per heavy atom. The molecule has 7 nitrogen and oxygen atoms in total. The second-order valence-corrected chi connectivity index (χ2v) is 9.64. The lowest BCUT2D eigenvalue weighted by Crippen LogP contribution is -2.45. The van der Waals surface area contributed by atoms with Crippen molar-refractivity contribution in [1.82, 2.24) is 10.6 Å². The van der Waals surface area contributed by atoms with E-state index in [9.17, 15) is 14.7 Å². The van der Waals surface area contributed by atoms with Gasteiger partial charge in [-0.15, -0.1) is 11.8 Å². The molecule has 0 bridgehead atoms. The van der Waals surface area contributed by atoms with Crippen molar-refractivity contribution < 1.29 is 24.2 Å². The summed E-state index contributed by atoms with van der Waals surface area (Å²) >= 11 is 9.29. The summed E-state index contributed by atoms with van der Waals surface area (Å²) in [6.07, 6.45) is 2.57. The monoisotopic (exact) mass is 496 g/mol. The number of carboxylic acids is 1. The number of nitrogens with one attached hydrogen (secondary N) is 2. The van der Waals surface area contributed by atoms with E-state index in [2.05, 4.69) is 10.6 Å². The number of fused-ring (bicyclic) bond motifs is 1. The zero-order chi connectivity index (χ0) is 22.9. The fourth-order valence-electron chi connectivity index (χ4n) is 3.13. The van der Waals surface area contributed by atoms with Crippen molar-refractivity contribution in [1.29, 1.82) is 0 Å². The molecular weight excluding hydrogens is 472 g/mol. The first kappa shape index (κ1) is 24.4. The molecule has 0 aliphatic carbocycles. The van der Waals surface area contributed by atoms with Crippen LogP contribution in [0.1, 0.15) is 24.4 Å². The van der Waals surface area contributed by atoms with Crippen LogP contribution in [0, 0.1) is 0 Å². The average molecular weight is 497 g/mol. The van der Waals surface area contributed by atoms with E-state index in [1.807, 2.05) is 30.5 Å². The van der Waals surface area contributed by atoms with Gasteiger partial charge in [0.25, 0.3) is 0 Å². The lowest BCUT2D eigenvalue weighted by atomic mass is 10.0. The maximum Gasteiger partial charge on any atom is 0.315 e. The van der Waals surface area contributed by atoms with Gasteiger partial charge in [-0.05, 0) is 60.4 Å². The van der Waals surface area contributed by atoms with Gasteiger partial charge in [0.1, 0.15) is 0 Å². The van der Waals surface area contributed by atoms with E-state index >= 15 is 0 Å². The zero-order valence-corrected chi connectivity index (χ0v) is 19.9. The molecule has 2 aromatic carbocycles. The summed E-state index contributed by atoms with van der Waals surface area (Å²) in [6, 6.07) is 11.5. The highest BCUT2D eigenvalue weighted by Crippen LogP contribution is 2.34. The number of hydrogen-bond acceptors (Lipinski definition) is 6. The summed E-state index contributed by atoms with van der Waals surface area (Å²) in [5, 5.41) is 15.8. The topological polar surface area (TPSA) is 96.9 Å². The van der Waals surface area contributed by atoms with E-state index in [1.54, 1.807) is 41.7 Å². The standard InChI is InChI=1S/C22H25ClN2O5S2/c1-31-9-8-16(12-32-17-5-3-15(23)4-6-17)24-22(28)25-18(11-21(26)27)14-2-7-19-20(10-14)30-13-29-19/h2-7,10,16,18H,8-9,11-13H2,1H3,(H,26,27)(H2,24,25,28)/t16-,18-/m0/s1. The van der Waals surface area contributed by atoms with Gasteiger partial charge in [0.05, 0.1) is 12.5 Å². The third kappa shape index (κ3) is 7.43. The van der Waals surface area contributed by atoms with E-state index in [0.717, 1.165) is 17.1 Å². The first-order chi connectivity index (χ1) is 15.4. The quantitative estimate of drug-likeness (QED) is 0.384. The Kier molecular flexibility index (Phi) is 9.25. The molecule has 0 saturated carbocycles. The molecule has 0 unspecified atom stereocenters. The van der Waals surface area contributed by atoms with Gasteiger partial charge in [-0.3, -0.25) is 4.79 Å². The normalized spacial score (nSPS) is 13.9. The van der Waals surface area contributed by atoms with Gasteiger partial charge in [0.15, 0.2) is 11.5 Å². The minimum absolute atomic E-state index is 0.0784. The molecule has 0 spiro atoms. The number of amides is 2. The molecule has 0 fully saturated rings. The van der Waals surface area contributed by atoms with Gasteiger partial charge in [-0.2, -0.15) is 11.8 Å². The second-order valence-electron chi connectivity index (χ2n) is 7.12. The second kappa shape index (κ2) is 12.1. The predicted octanol–water partition coefficient (Wildman–Crippen LogP) is 4.80. The molecule has 1 aliphatic rings. The predicted molar refractivity (Wildman–Crippen MR) is 128 cm³/mol. The van der Waals surface area contributed by atoms with Crippen LogP contribution < -0.4 is 20.1 Å². The van der Waals surface area contributed by atoms with E-state index in [4.69, 9.17) is 21.1 Å². The SMILES string of the molecule is CSCC[C@@H](CSc1ccc(Cl)cc1)NC(=O)N[C@@H](CC(=O)O)c1ccc2c(c1)OCO2. The van der Waals surface area contributed by atoms with Crippen LogP contribution >= 0.6 is 35.1 Å². The van der Waals surface area contributed by atoms with Crippen molar-refractivity contribution in [2.45, 2.75) is 29.8 Å². The maximum absolute atomic E-state index is 12.8. The molecule has 32 heavy (non-hydrogen) atoms. The van der Waals surface area contributed by atoms with Crippen molar-refractivity contribution in [3.63, 3.8) is 0 Å². The molecular formula is C22H25ClN2O5S2. The largest absolute Gasteiger partial charge is 0.481 e. The van der Waals surface area contributed by atoms with Gasteiger partial charge in [0.2, 0.25) is 6.79 Å². The fourth-order valence-corrected chi connectivity index (χ4v) is 4.75. The first-order valence-corrected chi connectivity index (χ1v) is 12.8. The number of ether oxygens (including phenoxy) is 2. The lowest BCUT2D eigenvalue weighted by Gasteiger charge is -2.22. The minimum atomic E-state index is -1.01. The number of carbonyl (C=O) groups is 2. The Balaban J connectivity index is 1.63. The number of rotatable bonds is 11. The van der Waals surface area contributed by atoms with Crippen LogP contribution in [0.2, 0.25) is 5.02 Å². The number of thioether (sulfide) groups is 2. The van der Waals surface area contributed by atoms with E-state index < -0.39 is 18.0 Å². The molecule has 172 valence electrons. The highest BCUT2D eigenvalue weighted by atomic mass is 35.5. The van der Waals surface area contributed by atoms with Crippen LogP contribution in [-0.2, 0) is 4.79 Å². The van der Waals surface area contributed by atoms with Crippen LogP contribution in [0.15, 0.2) is 47.4 Å². The van der Waals surface area contributed by atoms with E-state index in [-0.39, 0.29) is 19.3 Å². The zero-order valence-electron chi connectivity index (χ0n) is 17.5. The molecule has 2 aromatic rings. The summed E-state index contributed by atoms with van der Waals surface area (Å²) in [5.41, 5.74) is 0.642. The molecule has 3 N–H and O–H groups in total. The summed E-state index contributed by atoms with van der Waals surface area (Å²) in [6.45, 7) is 0.124. The summed E-state index contributed by atoms with van der Waals surface area (Å²) < 4.78 is 10.7. The highest BCUT2D eigenvalue weighted by Gasteiger charge is 2.23. The molecule has 1 heterocycles. The van der Waals surface area contributed by atoms with Gasteiger partial charge in [-0.1, -0.05) is 17.7 Å². The van der Waals surface area contributed by atoms with Crippen LogP contribution in [0.25, 0.3) is 0 Å². The number of hydrogen-bond donors (Lipinski definition) is 3. The van der Waals surface area contributed by atoms with Crippen LogP contribution in [0.4, 0.5) is 4.79 Å². The van der Waals surface area contributed by atoms with Crippen LogP contribution in [-0.4, -0.2) is 47.7 Å². The summed E-state index contributed by atoms with van der Waals surface area (Å²) in [5.74, 6) is 1.71. The van der Waals surface area contributed by atoms with Gasteiger partial charge in [0, 0.05) is 21.7 Å². The van der Waals surface area contributed by atoms with Crippen molar-refractivity contribution in [3.05, 3.63) is 53.1 Å². The fraction of sp³-hybridized carbons (Fsp3) is 0.364. The number of aliphatic carboxylic acids is 1. The molecule has 0 aromatic heterocycles. The summed E-state index contributed by atoms with van der Waals surface area (Å²) in [4.78, 5) is 25.2. The van der Waals surface area contributed by atoms with E-state index in [0.29, 0.717) is 27.8 Å². The summed E-state index contributed by atoms with van der Waals surface area (Å²) in [7, 11) is 0. The smallest absolute Gasteiger partial charge is 0.315 e. The Labute approximate surface area is 200 Å². The molecule has 2 amide bonds. The van der Waals surface area contributed by atoms with E-state index in [1.165, 1.54) is 0 Å². The Morgan fingerprint density at radius 2 is 1.88 bits per heavy atom. The minimum Gasteiger partial charge on any atom is -0.481 e. The molecule has 10 heteroatoms.